The lowest BCUT2D eigenvalue weighted by Crippen LogP contribution is -2.11. The van der Waals surface area contributed by atoms with E-state index in [4.69, 9.17) is 10.5 Å². The Hall–Kier alpha value is -1.39. The molecule has 3 rings (SSSR count). The van der Waals surface area contributed by atoms with Gasteiger partial charge in [-0.2, -0.15) is 0 Å². The van der Waals surface area contributed by atoms with Gasteiger partial charge in [-0.05, 0) is 63.7 Å². The van der Waals surface area contributed by atoms with Crippen molar-refractivity contribution in [2.45, 2.75) is 25.3 Å². The molecule has 0 aromatic heterocycles. The van der Waals surface area contributed by atoms with Crippen LogP contribution in [0.2, 0.25) is 0 Å². The van der Waals surface area contributed by atoms with Gasteiger partial charge in [-0.15, -0.1) is 0 Å². The van der Waals surface area contributed by atoms with E-state index in [1.165, 1.54) is 17.2 Å². The molecular formula is C17H17BrFNO. The highest BCUT2D eigenvalue weighted by Gasteiger charge is 2.13. The molecule has 21 heavy (non-hydrogen) atoms. The minimum absolute atomic E-state index is 0.155. The van der Waals surface area contributed by atoms with Gasteiger partial charge < -0.3 is 10.5 Å². The Morgan fingerprint density at radius 3 is 2.90 bits per heavy atom. The number of fused-ring (bicyclic) bond motifs is 1. The van der Waals surface area contributed by atoms with Crippen molar-refractivity contribution in [1.82, 2.24) is 0 Å². The van der Waals surface area contributed by atoms with Crippen LogP contribution in [0.25, 0.3) is 0 Å². The molecule has 2 N–H and O–H groups in total. The van der Waals surface area contributed by atoms with Crippen LogP contribution < -0.4 is 10.5 Å². The van der Waals surface area contributed by atoms with Gasteiger partial charge in [-0.25, -0.2) is 4.39 Å². The van der Waals surface area contributed by atoms with E-state index in [2.05, 4.69) is 28.1 Å². The molecule has 4 heteroatoms. The van der Waals surface area contributed by atoms with E-state index >= 15 is 0 Å². The van der Waals surface area contributed by atoms with Gasteiger partial charge in [0.1, 0.15) is 11.6 Å². The molecule has 0 spiro atoms. The summed E-state index contributed by atoms with van der Waals surface area (Å²) >= 11 is 3.16. The molecule has 0 bridgehead atoms. The molecule has 1 aliphatic heterocycles. The van der Waals surface area contributed by atoms with Crippen LogP contribution in [0.15, 0.2) is 40.9 Å². The van der Waals surface area contributed by atoms with Crippen molar-refractivity contribution in [2.24, 2.45) is 5.73 Å². The first kappa shape index (κ1) is 14.5. The molecule has 0 saturated heterocycles. The second-order valence-electron chi connectivity index (χ2n) is 5.36. The summed E-state index contributed by atoms with van der Waals surface area (Å²) in [5.74, 6) is 0.732. The van der Waals surface area contributed by atoms with Gasteiger partial charge in [0, 0.05) is 12.5 Å². The first-order chi connectivity index (χ1) is 10.1. The Bertz CT molecular complexity index is 659. The predicted molar refractivity (Wildman–Crippen MR) is 85.0 cm³/mol. The fraction of sp³-hybridized carbons (Fsp3) is 0.294. The molecule has 2 nitrogen and oxygen atoms in total. The van der Waals surface area contributed by atoms with E-state index in [0.29, 0.717) is 4.47 Å². The molecule has 1 atom stereocenters. The molecule has 0 aliphatic carbocycles. The number of nitrogens with two attached hydrogens (primary N) is 1. The van der Waals surface area contributed by atoms with Crippen LogP contribution in [0.4, 0.5) is 4.39 Å². The third-order valence-corrected chi connectivity index (χ3v) is 4.51. The highest BCUT2D eigenvalue weighted by Crippen LogP contribution is 2.27. The zero-order valence-corrected chi connectivity index (χ0v) is 13.2. The van der Waals surface area contributed by atoms with E-state index in [1.54, 1.807) is 6.07 Å². The summed E-state index contributed by atoms with van der Waals surface area (Å²) < 4.78 is 19.5. The normalized spacial score (nSPS) is 14.6. The molecule has 0 fully saturated rings. The van der Waals surface area contributed by atoms with E-state index < -0.39 is 0 Å². The van der Waals surface area contributed by atoms with Crippen molar-refractivity contribution in [3.8, 4) is 5.75 Å². The van der Waals surface area contributed by atoms with Crippen LogP contribution in [-0.4, -0.2) is 6.61 Å². The zero-order chi connectivity index (χ0) is 14.8. The summed E-state index contributed by atoms with van der Waals surface area (Å²) in [4.78, 5) is 0. The van der Waals surface area contributed by atoms with Crippen molar-refractivity contribution < 1.29 is 9.13 Å². The summed E-state index contributed by atoms with van der Waals surface area (Å²) in [5, 5.41) is 0. The molecule has 2 aromatic carbocycles. The number of hydrogen-bond donors (Lipinski definition) is 1. The number of hydrogen-bond acceptors (Lipinski definition) is 2. The maximum Gasteiger partial charge on any atom is 0.137 e. The van der Waals surface area contributed by atoms with E-state index in [9.17, 15) is 4.39 Å². The first-order valence-corrected chi connectivity index (χ1v) is 7.88. The maximum atomic E-state index is 13.5. The lowest BCUT2D eigenvalue weighted by atomic mass is 9.98. The van der Waals surface area contributed by atoms with Crippen molar-refractivity contribution >= 4 is 15.9 Å². The van der Waals surface area contributed by atoms with Crippen molar-refractivity contribution in [2.75, 3.05) is 6.61 Å². The van der Waals surface area contributed by atoms with E-state index in [-0.39, 0.29) is 11.9 Å². The minimum atomic E-state index is -0.266. The summed E-state index contributed by atoms with van der Waals surface area (Å²) in [6.07, 6.45) is 2.65. The predicted octanol–water partition coefficient (Wildman–Crippen LogP) is 4.16. The van der Waals surface area contributed by atoms with Crippen molar-refractivity contribution in [1.29, 1.82) is 0 Å². The van der Waals surface area contributed by atoms with Crippen LogP contribution in [0, 0.1) is 5.82 Å². The van der Waals surface area contributed by atoms with Gasteiger partial charge in [-0.1, -0.05) is 18.2 Å². The highest BCUT2D eigenvalue weighted by molar-refractivity contribution is 9.10. The van der Waals surface area contributed by atoms with Gasteiger partial charge in [0.05, 0.1) is 11.1 Å². The molecular weight excluding hydrogens is 333 g/mol. The smallest absolute Gasteiger partial charge is 0.137 e. The Labute approximate surface area is 132 Å². The fourth-order valence-corrected chi connectivity index (χ4v) is 2.87. The average Bonchev–Trinajstić information content (AvgIpc) is 2.95. The molecule has 1 aliphatic rings. The van der Waals surface area contributed by atoms with Gasteiger partial charge in [0.25, 0.3) is 0 Å². The van der Waals surface area contributed by atoms with Crippen LogP contribution in [-0.2, 0) is 12.8 Å². The molecule has 0 saturated carbocycles. The molecule has 110 valence electrons. The molecule has 2 aromatic rings. The van der Waals surface area contributed by atoms with E-state index in [1.807, 2.05) is 12.1 Å². The monoisotopic (exact) mass is 349 g/mol. The quantitative estimate of drug-likeness (QED) is 0.899. The third-order valence-electron chi connectivity index (χ3n) is 3.87. The zero-order valence-electron chi connectivity index (χ0n) is 11.6. The average molecular weight is 350 g/mol. The molecule has 1 heterocycles. The number of benzene rings is 2. The third kappa shape index (κ3) is 3.27. The van der Waals surface area contributed by atoms with Gasteiger partial charge in [0.2, 0.25) is 0 Å². The standard InChI is InChI=1S/C17H17BrFNO/c18-14-4-3-12(10-15(14)19)16(20)5-1-11-2-6-17-13(9-11)7-8-21-17/h2-4,6,9-10,16H,1,5,7-8,20H2. The van der Waals surface area contributed by atoms with E-state index in [0.717, 1.165) is 37.2 Å². The fourth-order valence-electron chi connectivity index (χ4n) is 2.63. The minimum Gasteiger partial charge on any atom is -0.493 e. The lowest BCUT2D eigenvalue weighted by Gasteiger charge is -2.13. The summed E-state index contributed by atoms with van der Waals surface area (Å²) in [6, 6.07) is 11.2. The van der Waals surface area contributed by atoms with Crippen LogP contribution in [0.3, 0.4) is 0 Å². The largest absolute Gasteiger partial charge is 0.493 e. The van der Waals surface area contributed by atoms with Crippen molar-refractivity contribution in [3.63, 3.8) is 0 Å². The topological polar surface area (TPSA) is 35.2 Å². The number of ether oxygens (including phenoxy) is 1. The number of aryl methyl sites for hydroxylation is 1. The van der Waals surface area contributed by atoms with Gasteiger partial charge in [-0.3, -0.25) is 0 Å². The Balaban J connectivity index is 1.65. The number of rotatable bonds is 4. The Kier molecular flexibility index (Phi) is 4.27. The summed E-state index contributed by atoms with van der Waals surface area (Å²) in [6.45, 7) is 0.774. The molecule has 0 amide bonds. The van der Waals surface area contributed by atoms with Crippen molar-refractivity contribution in [3.05, 3.63) is 63.4 Å². The lowest BCUT2D eigenvalue weighted by molar-refractivity contribution is 0.357. The SMILES string of the molecule is NC(CCc1ccc2c(c1)CCO2)c1ccc(Br)c(F)c1. The molecule has 0 radical (unpaired) electrons. The molecule has 1 unspecified atom stereocenters. The summed E-state index contributed by atoms with van der Waals surface area (Å²) in [5.41, 5.74) is 9.53. The van der Waals surface area contributed by atoms with Gasteiger partial charge in [0.15, 0.2) is 0 Å². The second kappa shape index (κ2) is 6.16. The van der Waals surface area contributed by atoms with Gasteiger partial charge >= 0.3 is 0 Å². The van der Waals surface area contributed by atoms with Crippen LogP contribution >= 0.6 is 15.9 Å². The first-order valence-electron chi connectivity index (χ1n) is 7.08. The second-order valence-corrected chi connectivity index (χ2v) is 6.21. The number of halogens is 2. The maximum absolute atomic E-state index is 13.5. The Morgan fingerprint density at radius 1 is 1.24 bits per heavy atom. The highest BCUT2D eigenvalue weighted by atomic mass is 79.9. The van der Waals surface area contributed by atoms with Crippen LogP contribution in [0.5, 0.6) is 5.75 Å². The van der Waals surface area contributed by atoms with Crippen LogP contribution in [0.1, 0.15) is 29.2 Å². The summed E-state index contributed by atoms with van der Waals surface area (Å²) in [7, 11) is 0. The Morgan fingerprint density at radius 2 is 2.10 bits per heavy atom.